The van der Waals surface area contributed by atoms with Gasteiger partial charge in [0.05, 0.1) is 0 Å². The molecule has 146 valence electrons. The molecule has 0 saturated heterocycles. The fraction of sp³-hybridized carbons (Fsp3) is 0.200. The van der Waals surface area contributed by atoms with Crippen LogP contribution in [0, 0.1) is 20.8 Å². The topological polar surface area (TPSA) is 46.9 Å². The molecule has 29 heavy (non-hydrogen) atoms. The van der Waals surface area contributed by atoms with Gasteiger partial charge >= 0.3 is 0 Å². The Morgan fingerprint density at radius 1 is 1.00 bits per heavy atom. The third-order valence-corrected chi connectivity index (χ3v) is 5.69. The van der Waals surface area contributed by atoms with Crippen LogP contribution in [-0.4, -0.2) is 15.5 Å². The number of benzene rings is 2. The van der Waals surface area contributed by atoms with Crippen LogP contribution in [0.15, 0.2) is 67.0 Å². The predicted molar refractivity (Wildman–Crippen MR) is 117 cm³/mol. The number of aromatic nitrogens is 2. The highest BCUT2D eigenvalue weighted by Crippen LogP contribution is 2.27. The molecule has 2 heterocycles. The number of amides is 1. The number of fused-ring (bicyclic) bond motifs is 1. The summed E-state index contributed by atoms with van der Waals surface area (Å²) in [4.78, 5) is 16.7. The van der Waals surface area contributed by atoms with E-state index in [4.69, 9.17) is 0 Å². The van der Waals surface area contributed by atoms with E-state index in [9.17, 15) is 4.79 Å². The van der Waals surface area contributed by atoms with Crippen molar-refractivity contribution in [2.45, 2.75) is 33.9 Å². The molecule has 0 saturated carbocycles. The highest BCUT2D eigenvalue weighted by molar-refractivity contribution is 5.99. The van der Waals surface area contributed by atoms with Crippen LogP contribution in [-0.2, 0) is 13.1 Å². The third-order valence-electron chi connectivity index (χ3n) is 5.69. The minimum Gasteiger partial charge on any atom is -0.348 e. The van der Waals surface area contributed by atoms with Crippen molar-refractivity contribution in [2.24, 2.45) is 0 Å². The number of aryl methyl sites for hydroxylation is 2. The number of hydrogen-bond acceptors (Lipinski definition) is 2. The first-order chi connectivity index (χ1) is 14.0. The van der Waals surface area contributed by atoms with Crippen molar-refractivity contribution in [3.8, 4) is 0 Å². The zero-order valence-electron chi connectivity index (χ0n) is 17.1. The summed E-state index contributed by atoms with van der Waals surface area (Å²) in [6.45, 7) is 7.75. The van der Waals surface area contributed by atoms with Crippen LogP contribution in [0.4, 0.5) is 0 Å². The first kappa shape index (κ1) is 18.9. The first-order valence-corrected chi connectivity index (χ1v) is 9.85. The summed E-state index contributed by atoms with van der Waals surface area (Å²) in [5, 5.41) is 4.13. The van der Waals surface area contributed by atoms with Gasteiger partial charge in [0.1, 0.15) is 0 Å². The molecule has 4 aromatic rings. The number of nitrogens with zero attached hydrogens (tertiary/aromatic N) is 2. The van der Waals surface area contributed by atoms with Gasteiger partial charge < -0.3 is 9.88 Å². The fourth-order valence-electron chi connectivity index (χ4n) is 3.74. The van der Waals surface area contributed by atoms with Gasteiger partial charge in [-0.25, -0.2) is 0 Å². The minimum absolute atomic E-state index is 0.0626. The average Bonchev–Trinajstić information content (AvgIpc) is 2.98. The quantitative estimate of drug-likeness (QED) is 0.531. The molecule has 4 rings (SSSR count). The summed E-state index contributed by atoms with van der Waals surface area (Å²) < 4.78 is 2.34. The molecule has 0 radical (unpaired) electrons. The summed E-state index contributed by atoms with van der Waals surface area (Å²) in [5.41, 5.74) is 7.93. The van der Waals surface area contributed by atoms with E-state index in [2.05, 4.69) is 66.0 Å². The number of pyridine rings is 1. The Bertz CT molecular complexity index is 1180. The van der Waals surface area contributed by atoms with E-state index >= 15 is 0 Å². The van der Waals surface area contributed by atoms with E-state index in [0.717, 1.165) is 23.0 Å². The van der Waals surface area contributed by atoms with Crippen molar-refractivity contribution in [1.29, 1.82) is 0 Å². The smallest absolute Gasteiger partial charge is 0.251 e. The van der Waals surface area contributed by atoms with E-state index < -0.39 is 0 Å². The second-order valence-corrected chi connectivity index (χ2v) is 7.49. The Morgan fingerprint density at radius 3 is 2.52 bits per heavy atom. The van der Waals surface area contributed by atoms with Crippen LogP contribution in [0.2, 0.25) is 0 Å². The minimum atomic E-state index is -0.0626. The molecule has 1 amide bonds. The van der Waals surface area contributed by atoms with Crippen LogP contribution in [0.3, 0.4) is 0 Å². The number of hydrogen-bond donors (Lipinski definition) is 1. The number of rotatable bonds is 5. The summed E-state index contributed by atoms with van der Waals surface area (Å²) in [7, 11) is 0. The van der Waals surface area contributed by atoms with Gasteiger partial charge in [0, 0.05) is 47.6 Å². The maximum absolute atomic E-state index is 12.7. The molecule has 4 nitrogen and oxygen atoms in total. The van der Waals surface area contributed by atoms with Crippen molar-refractivity contribution in [2.75, 3.05) is 0 Å². The predicted octanol–water partition coefficient (Wildman–Crippen LogP) is 4.94. The van der Waals surface area contributed by atoms with E-state index in [0.29, 0.717) is 12.1 Å². The standard InChI is InChI=1S/C25H25N3O/c1-17-6-4-5-7-22(17)16-28-19(3)18(2)23-14-21(8-9-24(23)28)25(29)27-15-20-10-12-26-13-11-20/h4-14H,15-16H2,1-3H3,(H,27,29). The summed E-state index contributed by atoms with van der Waals surface area (Å²) >= 11 is 0. The maximum atomic E-state index is 12.7. The van der Waals surface area contributed by atoms with E-state index in [1.807, 2.05) is 24.3 Å². The first-order valence-electron chi connectivity index (χ1n) is 9.85. The van der Waals surface area contributed by atoms with Crippen LogP contribution < -0.4 is 5.32 Å². The molecular weight excluding hydrogens is 358 g/mol. The molecule has 2 aromatic carbocycles. The van der Waals surface area contributed by atoms with E-state index in [-0.39, 0.29) is 5.91 Å². The Balaban J connectivity index is 1.62. The maximum Gasteiger partial charge on any atom is 0.251 e. The van der Waals surface area contributed by atoms with Gasteiger partial charge in [-0.3, -0.25) is 9.78 Å². The third kappa shape index (κ3) is 3.79. The van der Waals surface area contributed by atoms with Crippen molar-refractivity contribution in [3.63, 3.8) is 0 Å². The van der Waals surface area contributed by atoms with E-state index in [1.165, 1.54) is 22.4 Å². The fourth-order valence-corrected chi connectivity index (χ4v) is 3.74. The molecule has 0 aliphatic rings. The Morgan fingerprint density at radius 2 is 1.76 bits per heavy atom. The highest BCUT2D eigenvalue weighted by atomic mass is 16.1. The van der Waals surface area contributed by atoms with Crippen molar-refractivity contribution in [3.05, 3.63) is 101 Å². The molecule has 0 aliphatic carbocycles. The lowest BCUT2D eigenvalue weighted by Crippen LogP contribution is -2.22. The largest absolute Gasteiger partial charge is 0.348 e. The second-order valence-electron chi connectivity index (χ2n) is 7.49. The Kier molecular flexibility index (Phi) is 5.17. The molecule has 0 unspecified atom stereocenters. The lowest BCUT2D eigenvalue weighted by Gasteiger charge is -2.11. The Hall–Kier alpha value is -3.40. The van der Waals surface area contributed by atoms with Crippen LogP contribution in [0.25, 0.3) is 10.9 Å². The molecular formula is C25H25N3O. The van der Waals surface area contributed by atoms with Crippen molar-refractivity contribution in [1.82, 2.24) is 14.9 Å². The van der Waals surface area contributed by atoms with Crippen molar-refractivity contribution >= 4 is 16.8 Å². The van der Waals surface area contributed by atoms with Gasteiger partial charge in [-0.1, -0.05) is 24.3 Å². The molecule has 0 atom stereocenters. The normalized spacial score (nSPS) is 11.0. The highest BCUT2D eigenvalue weighted by Gasteiger charge is 2.14. The van der Waals surface area contributed by atoms with Gasteiger partial charge in [-0.2, -0.15) is 0 Å². The lowest BCUT2D eigenvalue weighted by molar-refractivity contribution is 0.0951. The number of nitrogens with one attached hydrogen (secondary N) is 1. The molecule has 0 fully saturated rings. The lowest BCUT2D eigenvalue weighted by atomic mass is 10.1. The average molecular weight is 383 g/mol. The van der Waals surface area contributed by atoms with Gasteiger partial charge in [0.15, 0.2) is 0 Å². The van der Waals surface area contributed by atoms with Crippen LogP contribution >= 0.6 is 0 Å². The van der Waals surface area contributed by atoms with Crippen LogP contribution in [0.5, 0.6) is 0 Å². The Labute approximate surface area is 171 Å². The molecule has 1 N–H and O–H groups in total. The summed E-state index contributed by atoms with van der Waals surface area (Å²) in [6.07, 6.45) is 3.47. The second kappa shape index (κ2) is 7.92. The molecule has 0 aliphatic heterocycles. The van der Waals surface area contributed by atoms with Crippen LogP contribution in [0.1, 0.15) is 38.3 Å². The summed E-state index contributed by atoms with van der Waals surface area (Å²) in [5.74, 6) is -0.0626. The molecule has 2 aromatic heterocycles. The van der Waals surface area contributed by atoms with Crippen molar-refractivity contribution < 1.29 is 4.79 Å². The molecule has 0 spiro atoms. The molecule has 4 heteroatoms. The number of carbonyl (C=O) groups excluding carboxylic acids is 1. The van der Waals surface area contributed by atoms with E-state index in [1.54, 1.807) is 12.4 Å². The SMILES string of the molecule is Cc1ccccc1Cn1c(C)c(C)c2cc(C(=O)NCc3ccncc3)ccc21. The monoisotopic (exact) mass is 383 g/mol. The van der Waals surface area contributed by atoms with Gasteiger partial charge in [0.2, 0.25) is 0 Å². The zero-order valence-corrected chi connectivity index (χ0v) is 17.1. The molecule has 0 bridgehead atoms. The van der Waals surface area contributed by atoms with Gasteiger partial charge in [-0.15, -0.1) is 0 Å². The van der Waals surface area contributed by atoms with Gasteiger partial charge in [0.25, 0.3) is 5.91 Å². The van der Waals surface area contributed by atoms with Gasteiger partial charge in [-0.05, 0) is 73.4 Å². The summed E-state index contributed by atoms with van der Waals surface area (Å²) in [6, 6.07) is 18.3. The zero-order chi connectivity index (χ0) is 20.4. The number of carbonyl (C=O) groups is 1.